The fourth-order valence-electron chi connectivity index (χ4n) is 3.55. The van der Waals surface area contributed by atoms with Gasteiger partial charge in [0.15, 0.2) is 17.2 Å². The number of nitrogens with zero attached hydrogens (tertiary/aromatic N) is 3. The Hall–Kier alpha value is -4.32. The minimum Gasteiger partial charge on any atom is -0.504 e. The van der Waals surface area contributed by atoms with Gasteiger partial charge < -0.3 is 30.5 Å². The first kappa shape index (κ1) is 24.8. The number of alkyl halides is 3. The average molecular weight is 501 g/mol. The quantitative estimate of drug-likeness (QED) is 0.190. The number of aromatic nitrogens is 3. The van der Waals surface area contributed by atoms with Crippen LogP contribution in [0.25, 0.3) is 22.3 Å². The van der Waals surface area contributed by atoms with Crippen LogP contribution in [-0.2, 0) is 6.54 Å². The molecule has 0 spiro atoms. The second-order valence-corrected chi connectivity index (χ2v) is 8.09. The summed E-state index contributed by atoms with van der Waals surface area (Å²) >= 11 is 0. The van der Waals surface area contributed by atoms with Gasteiger partial charge in [-0.3, -0.25) is 9.78 Å². The van der Waals surface area contributed by atoms with Gasteiger partial charge in [-0.2, -0.15) is 13.2 Å². The maximum Gasteiger partial charge on any atom is 0.390 e. The maximum atomic E-state index is 13.0. The molecule has 4 aromatic rings. The summed E-state index contributed by atoms with van der Waals surface area (Å²) in [5, 5.41) is 31.7. The lowest BCUT2D eigenvalue weighted by Gasteiger charge is -2.17. The first-order chi connectivity index (χ1) is 17.0. The molecule has 1 amide bonds. The van der Waals surface area contributed by atoms with Crippen molar-refractivity contribution < 1.29 is 33.3 Å². The number of phenols is 3. The van der Waals surface area contributed by atoms with Crippen LogP contribution >= 0.6 is 0 Å². The maximum absolute atomic E-state index is 13.0. The molecule has 0 bridgehead atoms. The molecule has 9 nitrogen and oxygen atoms in total. The molecule has 0 atom stereocenters. The van der Waals surface area contributed by atoms with Gasteiger partial charge in [0.05, 0.1) is 34.5 Å². The Bertz CT molecular complexity index is 1400. The number of aromatic hydroxyl groups is 3. The highest BCUT2D eigenvalue weighted by atomic mass is 19.4. The summed E-state index contributed by atoms with van der Waals surface area (Å²) in [6, 6.07) is 10.8. The summed E-state index contributed by atoms with van der Waals surface area (Å²) in [5.41, 5.74) is 3.31. The van der Waals surface area contributed by atoms with Gasteiger partial charge in [-0.25, -0.2) is 4.98 Å². The highest BCUT2D eigenvalue weighted by Crippen LogP contribution is 2.38. The van der Waals surface area contributed by atoms with Crippen molar-refractivity contribution in [3.05, 3.63) is 60.0 Å². The Morgan fingerprint density at radius 3 is 2.50 bits per heavy atom. The monoisotopic (exact) mass is 501 g/mol. The zero-order valence-corrected chi connectivity index (χ0v) is 19.0. The van der Waals surface area contributed by atoms with Crippen molar-refractivity contribution in [2.24, 2.45) is 0 Å². The van der Waals surface area contributed by atoms with Crippen LogP contribution in [0.4, 0.5) is 18.9 Å². The molecule has 36 heavy (non-hydrogen) atoms. The molecular formula is C24H22F3N5O4. The number of rotatable bonds is 7. The van der Waals surface area contributed by atoms with E-state index in [1.807, 2.05) is 0 Å². The van der Waals surface area contributed by atoms with Crippen LogP contribution in [0, 0.1) is 0 Å². The molecule has 12 heteroatoms. The first-order valence-electron chi connectivity index (χ1n) is 10.8. The van der Waals surface area contributed by atoms with Crippen molar-refractivity contribution in [2.75, 3.05) is 18.5 Å². The van der Waals surface area contributed by atoms with Crippen LogP contribution in [-0.4, -0.2) is 55.9 Å². The van der Waals surface area contributed by atoms with Crippen molar-refractivity contribution in [3.8, 4) is 28.5 Å². The normalized spacial score (nSPS) is 11.7. The number of benzene rings is 1. The minimum atomic E-state index is -4.22. The van der Waals surface area contributed by atoms with E-state index in [9.17, 15) is 33.3 Å². The summed E-state index contributed by atoms with van der Waals surface area (Å²) in [7, 11) is 1.44. The van der Waals surface area contributed by atoms with E-state index in [0.717, 1.165) is 12.1 Å². The van der Waals surface area contributed by atoms with Crippen LogP contribution in [0.3, 0.4) is 0 Å². The molecule has 3 heterocycles. The number of halogens is 3. The summed E-state index contributed by atoms with van der Waals surface area (Å²) in [6.07, 6.45) is -3.60. The highest BCUT2D eigenvalue weighted by Gasteiger charge is 2.26. The van der Waals surface area contributed by atoms with Gasteiger partial charge >= 0.3 is 6.18 Å². The van der Waals surface area contributed by atoms with Crippen LogP contribution in [0.2, 0.25) is 0 Å². The molecule has 0 aliphatic rings. The molecule has 4 rings (SSSR count). The van der Waals surface area contributed by atoms with E-state index < -0.39 is 35.8 Å². The van der Waals surface area contributed by atoms with Crippen LogP contribution in [0.1, 0.15) is 22.6 Å². The van der Waals surface area contributed by atoms with Gasteiger partial charge in [-0.1, -0.05) is 0 Å². The molecule has 5 N–H and O–H groups in total. The molecule has 0 aliphatic heterocycles. The van der Waals surface area contributed by atoms with E-state index in [2.05, 4.69) is 20.3 Å². The highest BCUT2D eigenvalue weighted by molar-refractivity contribution is 6.07. The number of phenolic OH excluding ortho intramolecular Hbond substituents is 3. The lowest BCUT2D eigenvalue weighted by molar-refractivity contribution is -0.133. The number of H-pyrrole nitrogens is 1. The summed E-state index contributed by atoms with van der Waals surface area (Å²) < 4.78 is 36.9. The van der Waals surface area contributed by atoms with E-state index in [0.29, 0.717) is 28.0 Å². The lowest BCUT2D eigenvalue weighted by Crippen LogP contribution is -2.26. The summed E-state index contributed by atoms with van der Waals surface area (Å²) in [4.78, 5) is 25.9. The molecule has 0 fully saturated rings. The Morgan fingerprint density at radius 1 is 1.08 bits per heavy atom. The number of fused-ring (bicyclic) bond motifs is 1. The number of aromatic amines is 1. The Kier molecular flexibility index (Phi) is 6.71. The van der Waals surface area contributed by atoms with Crippen LogP contribution in [0.15, 0.2) is 48.7 Å². The van der Waals surface area contributed by atoms with Crippen molar-refractivity contribution in [3.63, 3.8) is 0 Å². The number of hydrogen-bond acceptors (Lipinski definition) is 7. The molecule has 0 saturated carbocycles. The van der Waals surface area contributed by atoms with Gasteiger partial charge in [-0.15, -0.1) is 0 Å². The lowest BCUT2D eigenvalue weighted by atomic mass is 10.1. The molecule has 0 radical (unpaired) electrons. The summed E-state index contributed by atoms with van der Waals surface area (Å²) in [6.45, 7) is -0.0404. The van der Waals surface area contributed by atoms with Crippen LogP contribution in [0.5, 0.6) is 17.2 Å². The molecule has 188 valence electrons. The first-order valence-corrected chi connectivity index (χ1v) is 10.8. The van der Waals surface area contributed by atoms with Gasteiger partial charge in [0.1, 0.15) is 5.69 Å². The molecule has 3 aromatic heterocycles. The smallest absolute Gasteiger partial charge is 0.390 e. The number of anilines is 1. The van der Waals surface area contributed by atoms with E-state index >= 15 is 0 Å². The number of nitrogens with one attached hydrogen (secondary N) is 2. The Labute approximate surface area is 202 Å². The zero-order chi connectivity index (χ0) is 26.0. The second kappa shape index (κ2) is 9.74. The third kappa shape index (κ3) is 5.49. The predicted molar refractivity (Wildman–Crippen MR) is 126 cm³/mol. The third-order valence-electron chi connectivity index (χ3n) is 5.46. The van der Waals surface area contributed by atoms with Crippen molar-refractivity contribution in [1.29, 1.82) is 0 Å². The number of hydrogen-bond donors (Lipinski definition) is 5. The predicted octanol–water partition coefficient (Wildman–Crippen LogP) is 4.06. The third-order valence-corrected chi connectivity index (χ3v) is 5.46. The largest absolute Gasteiger partial charge is 0.504 e. The minimum absolute atomic E-state index is 0.160. The van der Waals surface area contributed by atoms with Crippen LogP contribution < -0.4 is 10.2 Å². The number of pyridine rings is 2. The SMILES string of the molecule is CN(C(=O)c1cc2nc(-c3ccnc(CNCCC(F)(F)F)c3)ccc2[nH]1)c1cc(O)c(O)c(O)c1. The topological polar surface area (TPSA) is 135 Å². The van der Waals surface area contributed by atoms with Gasteiger partial charge in [0, 0.05) is 44.0 Å². The number of carbonyl (C=O) groups excluding carboxylic acids is 1. The zero-order valence-electron chi connectivity index (χ0n) is 19.0. The van der Waals surface area contributed by atoms with Crippen molar-refractivity contribution in [2.45, 2.75) is 19.1 Å². The van der Waals surface area contributed by atoms with E-state index in [1.54, 1.807) is 36.5 Å². The number of amides is 1. The van der Waals surface area contributed by atoms with Crippen molar-refractivity contribution in [1.82, 2.24) is 20.3 Å². The van der Waals surface area contributed by atoms with E-state index in [1.165, 1.54) is 11.9 Å². The number of carbonyl (C=O) groups is 1. The molecule has 0 aliphatic carbocycles. The molecular weight excluding hydrogens is 479 g/mol. The standard InChI is InChI=1S/C24H22F3N5O4/c1-32(15-9-20(33)22(35)21(34)10-15)23(36)19-11-18-17(31-19)3-2-16(30-18)13-4-6-29-14(8-13)12-28-7-5-24(25,26)27/h2-4,6,8-11,28,31,33-35H,5,7,12H2,1H3. The molecule has 1 aromatic carbocycles. The van der Waals surface area contributed by atoms with Gasteiger partial charge in [0.2, 0.25) is 0 Å². The van der Waals surface area contributed by atoms with Gasteiger partial charge in [-0.05, 0) is 30.3 Å². The average Bonchev–Trinajstić information content (AvgIpc) is 3.27. The van der Waals surface area contributed by atoms with E-state index in [4.69, 9.17) is 0 Å². The molecule has 0 unspecified atom stereocenters. The van der Waals surface area contributed by atoms with Gasteiger partial charge in [0.25, 0.3) is 5.91 Å². The Balaban J connectivity index is 1.52. The fourth-order valence-corrected chi connectivity index (χ4v) is 3.55. The fraction of sp³-hybridized carbons (Fsp3) is 0.208. The summed E-state index contributed by atoms with van der Waals surface area (Å²) in [5.74, 6) is -2.30. The van der Waals surface area contributed by atoms with Crippen molar-refractivity contribution >= 4 is 22.6 Å². The second-order valence-electron chi connectivity index (χ2n) is 8.09. The Morgan fingerprint density at radius 2 is 1.81 bits per heavy atom. The van der Waals surface area contributed by atoms with E-state index in [-0.39, 0.29) is 24.5 Å². The molecule has 0 saturated heterocycles.